The number of aliphatic carboxylic acids is 1. The van der Waals surface area contributed by atoms with Crippen molar-refractivity contribution in [1.29, 1.82) is 0 Å². The first-order chi connectivity index (χ1) is 14.2. The number of nitrogens with one attached hydrogen (secondary N) is 1. The van der Waals surface area contributed by atoms with Crippen molar-refractivity contribution in [2.24, 2.45) is 11.8 Å². The van der Waals surface area contributed by atoms with Gasteiger partial charge in [0, 0.05) is 10.4 Å². The SMILES string of the molecule is COC(=O)c1c(NC(=O)C2CCCCC2C(=O)O)sc(C)c1-c1ccc(C)c(C)c1. The van der Waals surface area contributed by atoms with Crippen LogP contribution in [0.25, 0.3) is 11.1 Å². The Morgan fingerprint density at radius 3 is 2.33 bits per heavy atom. The standard InChI is InChI=1S/C23H27NO5S/c1-12-9-10-15(11-13(12)2)18-14(3)30-21(19(18)23(28)29-4)24-20(25)16-7-5-6-8-17(16)22(26)27/h9-11,16-17H,5-8H2,1-4H3,(H,24,25)(H,26,27). The Hall–Kier alpha value is -2.67. The molecular weight excluding hydrogens is 402 g/mol. The second-order valence-corrected chi connectivity index (χ2v) is 9.08. The maximum Gasteiger partial charge on any atom is 0.341 e. The van der Waals surface area contributed by atoms with Gasteiger partial charge in [-0.25, -0.2) is 4.79 Å². The fourth-order valence-electron chi connectivity index (χ4n) is 4.12. The highest BCUT2D eigenvalue weighted by molar-refractivity contribution is 7.17. The van der Waals surface area contributed by atoms with Crippen LogP contribution in [0.5, 0.6) is 0 Å². The largest absolute Gasteiger partial charge is 0.481 e. The third-order valence-electron chi connectivity index (χ3n) is 5.93. The van der Waals surface area contributed by atoms with Crippen LogP contribution in [0.2, 0.25) is 0 Å². The number of hydrogen-bond acceptors (Lipinski definition) is 5. The van der Waals surface area contributed by atoms with Gasteiger partial charge in [0.05, 0.1) is 18.9 Å². The fraction of sp³-hybridized carbons (Fsp3) is 0.435. The zero-order valence-electron chi connectivity index (χ0n) is 17.7. The minimum absolute atomic E-state index is 0.319. The molecule has 7 heteroatoms. The van der Waals surface area contributed by atoms with Crippen molar-refractivity contribution >= 4 is 34.2 Å². The molecular formula is C23H27NO5S. The second-order valence-electron chi connectivity index (χ2n) is 7.85. The summed E-state index contributed by atoms with van der Waals surface area (Å²) in [5.41, 5.74) is 4.19. The molecule has 1 aliphatic carbocycles. The summed E-state index contributed by atoms with van der Waals surface area (Å²) in [5.74, 6) is -3.11. The van der Waals surface area contributed by atoms with Crippen molar-refractivity contribution in [3.63, 3.8) is 0 Å². The molecule has 30 heavy (non-hydrogen) atoms. The molecule has 0 radical (unpaired) electrons. The number of methoxy groups -OCH3 is 1. The Bertz CT molecular complexity index is 994. The van der Waals surface area contributed by atoms with Gasteiger partial charge in [0.2, 0.25) is 5.91 Å². The topological polar surface area (TPSA) is 92.7 Å². The van der Waals surface area contributed by atoms with E-state index in [1.165, 1.54) is 18.4 Å². The molecule has 2 atom stereocenters. The van der Waals surface area contributed by atoms with E-state index >= 15 is 0 Å². The molecule has 6 nitrogen and oxygen atoms in total. The smallest absolute Gasteiger partial charge is 0.341 e. The zero-order valence-corrected chi connectivity index (χ0v) is 18.5. The summed E-state index contributed by atoms with van der Waals surface area (Å²) in [4.78, 5) is 38.1. The van der Waals surface area contributed by atoms with Gasteiger partial charge in [0.15, 0.2) is 0 Å². The molecule has 1 aromatic carbocycles. The Balaban J connectivity index is 2.01. The van der Waals surface area contributed by atoms with E-state index in [1.807, 2.05) is 39.0 Å². The highest BCUT2D eigenvalue weighted by Crippen LogP contribution is 2.41. The molecule has 2 aromatic rings. The van der Waals surface area contributed by atoms with Crippen LogP contribution in [0, 0.1) is 32.6 Å². The first kappa shape index (κ1) is 22.0. The molecule has 1 amide bonds. The number of aryl methyl sites for hydroxylation is 3. The van der Waals surface area contributed by atoms with Gasteiger partial charge in [-0.15, -0.1) is 11.3 Å². The number of carbonyl (C=O) groups excluding carboxylic acids is 2. The molecule has 1 fully saturated rings. The van der Waals surface area contributed by atoms with E-state index in [9.17, 15) is 19.5 Å². The molecule has 3 rings (SSSR count). The van der Waals surface area contributed by atoms with Crippen LogP contribution in [0.1, 0.15) is 52.0 Å². The van der Waals surface area contributed by atoms with Crippen LogP contribution in [0.15, 0.2) is 18.2 Å². The molecule has 0 aliphatic heterocycles. The average Bonchev–Trinajstić information content (AvgIpc) is 3.04. The van der Waals surface area contributed by atoms with Gasteiger partial charge in [-0.1, -0.05) is 31.0 Å². The first-order valence-electron chi connectivity index (χ1n) is 10.1. The Kier molecular flexibility index (Phi) is 6.61. The normalized spacial score (nSPS) is 18.7. The van der Waals surface area contributed by atoms with Crippen molar-refractivity contribution < 1.29 is 24.2 Å². The first-order valence-corrected chi connectivity index (χ1v) is 10.9. The van der Waals surface area contributed by atoms with E-state index in [0.29, 0.717) is 23.4 Å². The number of amides is 1. The predicted molar refractivity (Wildman–Crippen MR) is 117 cm³/mol. The van der Waals surface area contributed by atoms with Gasteiger partial charge in [-0.3, -0.25) is 9.59 Å². The van der Waals surface area contributed by atoms with Gasteiger partial charge < -0.3 is 15.2 Å². The number of benzene rings is 1. The molecule has 1 saturated carbocycles. The molecule has 2 N–H and O–H groups in total. The van der Waals surface area contributed by atoms with Gasteiger partial charge >= 0.3 is 11.9 Å². The monoisotopic (exact) mass is 429 g/mol. The Labute approximate surface area is 180 Å². The lowest BCUT2D eigenvalue weighted by Crippen LogP contribution is -2.36. The number of thiophene rings is 1. The van der Waals surface area contributed by atoms with Crippen LogP contribution >= 0.6 is 11.3 Å². The quantitative estimate of drug-likeness (QED) is 0.656. The van der Waals surface area contributed by atoms with Crippen LogP contribution in [0.4, 0.5) is 5.00 Å². The maximum absolute atomic E-state index is 13.0. The summed E-state index contributed by atoms with van der Waals surface area (Å²) < 4.78 is 5.02. The average molecular weight is 430 g/mol. The number of carbonyl (C=O) groups is 3. The highest BCUT2D eigenvalue weighted by Gasteiger charge is 2.36. The van der Waals surface area contributed by atoms with E-state index < -0.39 is 23.8 Å². The van der Waals surface area contributed by atoms with Crippen molar-refractivity contribution in [2.75, 3.05) is 12.4 Å². The number of rotatable bonds is 5. The number of hydrogen-bond donors (Lipinski definition) is 2. The lowest BCUT2D eigenvalue weighted by molar-refractivity contribution is -0.147. The summed E-state index contributed by atoms with van der Waals surface area (Å²) in [6, 6.07) is 5.97. The zero-order chi connectivity index (χ0) is 22.0. The van der Waals surface area contributed by atoms with Crippen molar-refractivity contribution in [2.45, 2.75) is 46.5 Å². The van der Waals surface area contributed by atoms with Gasteiger partial charge in [-0.05, 0) is 50.3 Å². The van der Waals surface area contributed by atoms with Gasteiger partial charge in [0.1, 0.15) is 10.6 Å². The summed E-state index contributed by atoms with van der Waals surface area (Å²) in [6.07, 6.45) is 2.66. The van der Waals surface area contributed by atoms with Crippen LogP contribution in [-0.2, 0) is 14.3 Å². The van der Waals surface area contributed by atoms with E-state index in [-0.39, 0.29) is 5.91 Å². The van der Waals surface area contributed by atoms with Crippen LogP contribution < -0.4 is 5.32 Å². The maximum atomic E-state index is 13.0. The molecule has 0 saturated heterocycles. The molecule has 0 spiro atoms. The second kappa shape index (κ2) is 9.00. The number of carboxylic acids is 1. The van der Waals surface area contributed by atoms with Crippen molar-refractivity contribution in [3.05, 3.63) is 39.8 Å². The van der Waals surface area contributed by atoms with Crippen molar-refractivity contribution in [1.82, 2.24) is 0 Å². The molecule has 1 heterocycles. The minimum Gasteiger partial charge on any atom is -0.481 e. The Morgan fingerprint density at radius 2 is 1.73 bits per heavy atom. The lowest BCUT2D eigenvalue weighted by Gasteiger charge is -2.27. The van der Waals surface area contributed by atoms with E-state index in [0.717, 1.165) is 40.0 Å². The van der Waals surface area contributed by atoms with Gasteiger partial charge in [-0.2, -0.15) is 0 Å². The summed E-state index contributed by atoms with van der Waals surface area (Å²) in [6.45, 7) is 5.93. The number of esters is 1. The van der Waals surface area contributed by atoms with Gasteiger partial charge in [0.25, 0.3) is 0 Å². The van der Waals surface area contributed by atoms with E-state index in [4.69, 9.17) is 4.74 Å². The van der Waals surface area contributed by atoms with Crippen LogP contribution in [0.3, 0.4) is 0 Å². The predicted octanol–water partition coefficient (Wildman–Crippen LogP) is 4.96. The van der Waals surface area contributed by atoms with E-state index in [2.05, 4.69) is 5.32 Å². The summed E-state index contributed by atoms with van der Waals surface area (Å²) in [7, 11) is 1.31. The number of carboxylic acid groups (broad SMARTS) is 1. The minimum atomic E-state index is -0.943. The lowest BCUT2D eigenvalue weighted by atomic mass is 9.78. The number of anilines is 1. The fourth-order valence-corrected chi connectivity index (χ4v) is 5.19. The molecule has 2 unspecified atom stereocenters. The summed E-state index contributed by atoms with van der Waals surface area (Å²) in [5, 5.41) is 12.8. The highest BCUT2D eigenvalue weighted by atomic mass is 32.1. The molecule has 1 aliphatic rings. The third-order valence-corrected chi connectivity index (χ3v) is 6.95. The van der Waals surface area contributed by atoms with Crippen molar-refractivity contribution in [3.8, 4) is 11.1 Å². The van der Waals surface area contributed by atoms with E-state index in [1.54, 1.807) is 0 Å². The molecule has 160 valence electrons. The van der Waals surface area contributed by atoms with Crippen LogP contribution in [-0.4, -0.2) is 30.1 Å². The molecule has 0 bridgehead atoms. The Morgan fingerprint density at radius 1 is 1.07 bits per heavy atom. The third kappa shape index (κ3) is 4.26. The number of ether oxygens (including phenoxy) is 1. The molecule has 1 aromatic heterocycles. The summed E-state index contributed by atoms with van der Waals surface area (Å²) >= 11 is 1.31.